The Kier molecular flexibility index (Phi) is 15.6. The van der Waals surface area contributed by atoms with Crippen LogP contribution in [0, 0.1) is 10.8 Å². The Bertz CT molecular complexity index is 2680. The van der Waals surface area contributed by atoms with Crippen LogP contribution in [-0.2, 0) is 34.3 Å². The molecular weight excluding hydrogens is 917 g/mol. The van der Waals surface area contributed by atoms with Gasteiger partial charge in [0.05, 0.1) is 29.0 Å². The quantitative estimate of drug-likeness (QED) is 0.0453. The Morgan fingerprint density at radius 2 is 1.34 bits per heavy atom. The van der Waals surface area contributed by atoms with Crippen LogP contribution < -0.4 is 41.6 Å². The summed E-state index contributed by atoms with van der Waals surface area (Å²) < 4.78 is 31.1. The number of aliphatic hydroxyl groups excluding tert-OH is 1. The molecule has 1 saturated heterocycles. The molecule has 0 bridgehead atoms. The number of nitrogens with two attached hydrogens (primary N) is 1. The van der Waals surface area contributed by atoms with Crippen LogP contribution >= 0.6 is 0 Å². The predicted molar refractivity (Wildman–Crippen MR) is 258 cm³/mol. The Morgan fingerprint density at radius 1 is 0.761 bits per heavy atom. The molecule has 4 heterocycles. The first-order valence-corrected chi connectivity index (χ1v) is 23.9. The number of ether oxygens (including phenoxy) is 5. The summed E-state index contributed by atoms with van der Waals surface area (Å²) in [5, 5.41) is 18.5. The normalized spacial score (nSPS) is 17.5. The van der Waals surface area contributed by atoms with E-state index in [4.69, 9.17) is 29.4 Å². The van der Waals surface area contributed by atoms with Crippen LogP contribution in [0.4, 0.5) is 5.82 Å². The van der Waals surface area contributed by atoms with E-state index in [0.717, 1.165) is 0 Å². The largest absolute Gasteiger partial charge is 0.456 e. The van der Waals surface area contributed by atoms with Gasteiger partial charge in [0.25, 0.3) is 5.91 Å². The number of nitrogen functional groups attached to an aromatic ring is 1. The molecule has 1 fully saturated rings. The fourth-order valence-electron chi connectivity index (χ4n) is 8.42. The number of aromatic nitrogens is 2. The number of hydrogen-bond donors (Lipinski definition) is 5. The second-order valence-electron chi connectivity index (χ2n) is 20.0. The molecule has 3 aliphatic rings. The van der Waals surface area contributed by atoms with Crippen LogP contribution in [0.3, 0.4) is 0 Å². The summed E-state index contributed by atoms with van der Waals surface area (Å²) in [6, 6.07) is 15.4. The highest BCUT2D eigenvalue weighted by atomic mass is 16.6. The van der Waals surface area contributed by atoms with E-state index in [-0.39, 0.29) is 77.1 Å². The fraction of sp³-hybridized carbons (Fsp3) is 0.462. The summed E-state index contributed by atoms with van der Waals surface area (Å²) in [6.07, 6.45) is 4.91. The first kappa shape index (κ1) is 51.7. The lowest BCUT2D eigenvalue weighted by molar-refractivity contribution is -0.143. The molecule has 6 N–H and O–H groups in total. The third-order valence-corrected chi connectivity index (χ3v) is 12.4. The second-order valence-corrected chi connectivity index (χ2v) is 20.0. The van der Waals surface area contributed by atoms with Crippen molar-refractivity contribution in [3.8, 4) is 23.0 Å². The van der Waals surface area contributed by atoms with Gasteiger partial charge in [-0.05, 0) is 110 Å². The summed E-state index contributed by atoms with van der Waals surface area (Å²) in [4.78, 5) is 93.9. The van der Waals surface area contributed by atoms with E-state index in [0.29, 0.717) is 74.7 Å². The maximum Gasteiger partial charge on any atom is 0.351 e. The van der Waals surface area contributed by atoms with Gasteiger partial charge in [-0.1, -0.05) is 18.9 Å². The summed E-state index contributed by atoms with van der Waals surface area (Å²) >= 11 is 0. The summed E-state index contributed by atoms with van der Waals surface area (Å²) in [6.45, 7) is 10.9. The van der Waals surface area contributed by atoms with Gasteiger partial charge in [-0.25, -0.2) is 9.59 Å². The molecule has 378 valence electrons. The molecule has 19 nitrogen and oxygen atoms in total. The minimum atomic E-state index is -1.53. The highest BCUT2D eigenvalue weighted by molar-refractivity contribution is 6.01. The zero-order valence-corrected chi connectivity index (χ0v) is 40.9. The lowest BCUT2D eigenvalue weighted by Crippen LogP contribution is -2.41. The monoisotopic (exact) mass is 978 g/mol. The number of nitrogens with zero attached hydrogens (tertiary/aromatic N) is 2. The van der Waals surface area contributed by atoms with Crippen LogP contribution in [0.5, 0.6) is 23.0 Å². The maximum atomic E-state index is 13.8. The fourth-order valence-corrected chi connectivity index (χ4v) is 8.42. The predicted octanol–water partition coefficient (Wildman–Crippen LogP) is 5.73. The standard InChI is InChI=1S/C52H62N6O13/c1-50(2,3)47(64)67-31-16-19-35-38(26-31)69-39-27-32(68-48(65)51(4,5)6)17-20-36(39)52(35)34-18-15-30(25-33(34)46(63)71-52)45(62)55-23-12-7-9-13-42(60)54-22-11-8-10-14-43(61)56-37-28-44(70-40(37)29-59)58-24-21-41(53)57-49(58)66/h15-21,24-27,37,40,44,59H,7-14,22-23,28-29H2,1-6H3,(H,54,60)(H,55,62)(H,56,61)(H2,53,57,66)/t37-,40+,44+/m0/s1. The number of benzene rings is 3. The van der Waals surface area contributed by atoms with Gasteiger partial charge in [0, 0.05) is 72.9 Å². The summed E-state index contributed by atoms with van der Waals surface area (Å²) in [5.74, 6) is -1.27. The SMILES string of the molecule is CC(C)(C)C(=O)Oc1ccc2c(c1)Oc1cc(OC(=O)C(C)(C)C)ccc1C21OC(=O)c2cc(C(=O)NCCCCCC(=O)NCCCCCC(=O)N[C@H]3C[C@H](n4ccc(N)nc4=O)O[C@@H]3CO)ccc21. The first-order chi connectivity index (χ1) is 33.7. The number of anilines is 1. The number of rotatable bonds is 18. The maximum absolute atomic E-state index is 13.8. The average Bonchev–Trinajstić information content (AvgIpc) is 3.84. The minimum Gasteiger partial charge on any atom is -0.456 e. The topological polar surface area (TPSA) is 266 Å². The number of esters is 3. The minimum absolute atomic E-state index is 0.0839. The van der Waals surface area contributed by atoms with Gasteiger partial charge in [0.2, 0.25) is 11.8 Å². The highest BCUT2D eigenvalue weighted by Gasteiger charge is 2.54. The molecular formula is C52H62N6O13. The highest BCUT2D eigenvalue weighted by Crippen LogP contribution is 2.57. The zero-order valence-electron chi connectivity index (χ0n) is 40.9. The average molecular weight is 979 g/mol. The first-order valence-electron chi connectivity index (χ1n) is 23.9. The number of unbranched alkanes of at least 4 members (excludes halogenated alkanes) is 4. The van der Waals surface area contributed by atoms with Crippen molar-refractivity contribution in [2.75, 3.05) is 25.4 Å². The van der Waals surface area contributed by atoms with Crippen molar-refractivity contribution in [2.45, 2.75) is 123 Å². The lowest BCUT2D eigenvalue weighted by atomic mass is 9.77. The smallest absolute Gasteiger partial charge is 0.351 e. The van der Waals surface area contributed by atoms with Gasteiger partial charge < -0.3 is 50.5 Å². The van der Waals surface area contributed by atoms with Gasteiger partial charge in [-0.2, -0.15) is 4.98 Å². The Morgan fingerprint density at radius 3 is 1.92 bits per heavy atom. The summed E-state index contributed by atoms with van der Waals surface area (Å²) in [5.41, 5.74) is 3.69. The second kappa shape index (κ2) is 21.5. The van der Waals surface area contributed by atoms with E-state index < -0.39 is 58.4 Å². The van der Waals surface area contributed by atoms with E-state index in [1.165, 1.54) is 22.9 Å². The van der Waals surface area contributed by atoms with E-state index >= 15 is 0 Å². The molecule has 1 aromatic heterocycles. The number of nitrogens with one attached hydrogen (secondary N) is 3. The van der Waals surface area contributed by atoms with Gasteiger partial charge >= 0.3 is 23.6 Å². The Hall–Kier alpha value is -7.12. The Labute approximate surface area is 411 Å². The summed E-state index contributed by atoms with van der Waals surface area (Å²) in [7, 11) is 0. The van der Waals surface area contributed by atoms with Crippen LogP contribution in [0.1, 0.15) is 143 Å². The molecule has 0 radical (unpaired) electrons. The number of aliphatic hydroxyl groups is 1. The van der Waals surface area contributed by atoms with E-state index in [9.17, 15) is 38.7 Å². The van der Waals surface area contributed by atoms with Crippen LogP contribution in [0.15, 0.2) is 71.7 Å². The number of fused-ring (bicyclic) bond motifs is 6. The van der Waals surface area contributed by atoms with Crippen LogP contribution in [-0.4, -0.2) is 82.1 Å². The van der Waals surface area contributed by atoms with Crippen LogP contribution in [0.25, 0.3) is 0 Å². The van der Waals surface area contributed by atoms with Crippen molar-refractivity contribution in [1.29, 1.82) is 0 Å². The molecule has 3 aliphatic heterocycles. The van der Waals surface area contributed by atoms with Crippen molar-refractivity contribution in [3.05, 3.63) is 105 Å². The number of hydrogen-bond acceptors (Lipinski definition) is 15. The molecule has 71 heavy (non-hydrogen) atoms. The third-order valence-electron chi connectivity index (χ3n) is 12.4. The molecule has 19 heteroatoms. The molecule has 3 amide bonds. The van der Waals surface area contributed by atoms with Crippen molar-refractivity contribution in [2.24, 2.45) is 10.8 Å². The van der Waals surface area contributed by atoms with Crippen molar-refractivity contribution >= 4 is 41.4 Å². The molecule has 7 rings (SSSR count). The third kappa shape index (κ3) is 11.9. The van der Waals surface area contributed by atoms with Crippen molar-refractivity contribution < 1.29 is 57.6 Å². The van der Waals surface area contributed by atoms with E-state index in [1.807, 2.05) is 0 Å². The lowest BCUT2D eigenvalue weighted by Gasteiger charge is -2.36. The van der Waals surface area contributed by atoms with Crippen LogP contribution in [0.2, 0.25) is 0 Å². The van der Waals surface area contributed by atoms with Gasteiger partial charge in [0.15, 0.2) is 5.60 Å². The van der Waals surface area contributed by atoms with E-state index in [1.54, 1.807) is 90.1 Å². The number of carbonyl (C=O) groups excluding carboxylic acids is 6. The molecule has 3 atom stereocenters. The van der Waals surface area contributed by atoms with Crippen molar-refractivity contribution in [1.82, 2.24) is 25.5 Å². The molecule has 0 unspecified atom stereocenters. The number of carbonyl (C=O) groups is 6. The Balaban J connectivity index is 0.866. The molecule has 4 aromatic rings. The van der Waals surface area contributed by atoms with E-state index in [2.05, 4.69) is 20.9 Å². The molecule has 0 saturated carbocycles. The van der Waals surface area contributed by atoms with Gasteiger partial charge in [-0.15, -0.1) is 0 Å². The number of amides is 3. The zero-order chi connectivity index (χ0) is 51.3. The molecule has 1 spiro atoms. The van der Waals surface area contributed by atoms with Gasteiger partial charge in [0.1, 0.15) is 41.1 Å². The van der Waals surface area contributed by atoms with Gasteiger partial charge in [-0.3, -0.25) is 28.5 Å². The molecule has 0 aliphatic carbocycles. The van der Waals surface area contributed by atoms with Crippen molar-refractivity contribution in [3.63, 3.8) is 0 Å². The molecule has 3 aromatic carbocycles.